The Kier molecular flexibility index (Phi) is 4.37. The van der Waals surface area contributed by atoms with Gasteiger partial charge in [0.1, 0.15) is 0 Å². The van der Waals surface area contributed by atoms with Gasteiger partial charge in [-0.1, -0.05) is 6.92 Å². The molecule has 18 heavy (non-hydrogen) atoms. The summed E-state index contributed by atoms with van der Waals surface area (Å²) in [5.41, 5.74) is 8.43. The molecular formula is C13H24N4O. The van der Waals surface area contributed by atoms with Gasteiger partial charge in [-0.3, -0.25) is 9.58 Å². The van der Waals surface area contributed by atoms with Crippen molar-refractivity contribution in [2.75, 3.05) is 19.7 Å². The van der Waals surface area contributed by atoms with E-state index in [-0.39, 0.29) is 12.1 Å². The molecule has 0 saturated carbocycles. The van der Waals surface area contributed by atoms with Crippen LogP contribution in [0.25, 0.3) is 0 Å². The molecule has 0 bridgehead atoms. The van der Waals surface area contributed by atoms with E-state index in [1.165, 1.54) is 11.3 Å². The predicted molar refractivity (Wildman–Crippen MR) is 71.3 cm³/mol. The molecule has 5 heteroatoms. The standard InChI is InChI=1S/C13H24N4O/c1-4-12-11(7-16(3)15-12)8-17-5-6-18-13(9-17)10(2)14/h7,10,13H,4-6,8-9,14H2,1-3H3. The van der Waals surface area contributed by atoms with E-state index < -0.39 is 0 Å². The van der Waals surface area contributed by atoms with Crippen molar-refractivity contribution in [3.05, 3.63) is 17.5 Å². The molecule has 1 fully saturated rings. The van der Waals surface area contributed by atoms with Crippen molar-refractivity contribution in [2.24, 2.45) is 12.8 Å². The summed E-state index contributed by atoms with van der Waals surface area (Å²) in [6.07, 6.45) is 3.26. The normalized spacial score (nSPS) is 23.2. The monoisotopic (exact) mass is 252 g/mol. The third kappa shape index (κ3) is 3.10. The molecular weight excluding hydrogens is 228 g/mol. The van der Waals surface area contributed by atoms with E-state index in [0.717, 1.165) is 32.7 Å². The topological polar surface area (TPSA) is 56.3 Å². The van der Waals surface area contributed by atoms with E-state index in [2.05, 4.69) is 23.1 Å². The molecule has 0 aromatic carbocycles. The Balaban J connectivity index is 2.00. The lowest BCUT2D eigenvalue weighted by molar-refractivity contribution is -0.0404. The lowest BCUT2D eigenvalue weighted by Crippen LogP contribution is -2.49. The number of aromatic nitrogens is 2. The summed E-state index contributed by atoms with van der Waals surface area (Å²) in [5, 5.41) is 4.48. The molecule has 1 aromatic rings. The molecule has 1 aromatic heterocycles. The molecule has 1 saturated heterocycles. The molecule has 0 amide bonds. The summed E-state index contributed by atoms with van der Waals surface area (Å²) >= 11 is 0. The van der Waals surface area contributed by atoms with Crippen molar-refractivity contribution in [3.63, 3.8) is 0 Å². The first-order valence-electron chi connectivity index (χ1n) is 6.71. The van der Waals surface area contributed by atoms with Gasteiger partial charge < -0.3 is 10.5 Å². The van der Waals surface area contributed by atoms with Crippen LogP contribution in [0.2, 0.25) is 0 Å². The maximum Gasteiger partial charge on any atom is 0.0850 e. The van der Waals surface area contributed by atoms with Crippen molar-refractivity contribution < 1.29 is 4.74 Å². The first-order valence-corrected chi connectivity index (χ1v) is 6.71. The second-order valence-corrected chi connectivity index (χ2v) is 5.13. The lowest BCUT2D eigenvalue weighted by atomic mass is 10.1. The van der Waals surface area contributed by atoms with Crippen LogP contribution in [0.15, 0.2) is 6.20 Å². The van der Waals surface area contributed by atoms with Gasteiger partial charge in [0.15, 0.2) is 0 Å². The second-order valence-electron chi connectivity index (χ2n) is 5.13. The van der Waals surface area contributed by atoms with Crippen LogP contribution in [-0.4, -0.2) is 46.5 Å². The average Bonchev–Trinajstić information content (AvgIpc) is 2.69. The van der Waals surface area contributed by atoms with Gasteiger partial charge in [-0.25, -0.2) is 0 Å². The maximum absolute atomic E-state index is 5.91. The molecule has 2 atom stereocenters. The van der Waals surface area contributed by atoms with Gasteiger partial charge in [0.25, 0.3) is 0 Å². The molecule has 2 N–H and O–H groups in total. The number of morpholine rings is 1. The van der Waals surface area contributed by atoms with E-state index in [1.54, 1.807) is 0 Å². The van der Waals surface area contributed by atoms with Gasteiger partial charge in [-0.05, 0) is 13.3 Å². The minimum absolute atomic E-state index is 0.0901. The smallest absolute Gasteiger partial charge is 0.0850 e. The zero-order valence-electron chi connectivity index (χ0n) is 11.6. The van der Waals surface area contributed by atoms with Crippen LogP contribution < -0.4 is 5.73 Å². The highest BCUT2D eigenvalue weighted by Gasteiger charge is 2.24. The number of nitrogens with zero attached hydrogens (tertiary/aromatic N) is 3. The third-order valence-electron chi connectivity index (χ3n) is 3.48. The summed E-state index contributed by atoms with van der Waals surface area (Å²) < 4.78 is 7.58. The van der Waals surface area contributed by atoms with Crippen LogP contribution in [0.5, 0.6) is 0 Å². The summed E-state index contributed by atoms with van der Waals surface area (Å²) in [4.78, 5) is 2.41. The van der Waals surface area contributed by atoms with Crippen molar-refractivity contribution in [2.45, 2.75) is 39.0 Å². The van der Waals surface area contributed by atoms with Crippen molar-refractivity contribution in [1.29, 1.82) is 0 Å². The van der Waals surface area contributed by atoms with Crippen LogP contribution >= 0.6 is 0 Å². The van der Waals surface area contributed by atoms with E-state index in [1.807, 2.05) is 18.7 Å². The Bertz CT molecular complexity index is 388. The molecule has 1 aliphatic heterocycles. The van der Waals surface area contributed by atoms with Gasteiger partial charge in [-0.15, -0.1) is 0 Å². The van der Waals surface area contributed by atoms with E-state index in [0.29, 0.717) is 0 Å². The zero-order valence-corrected chi connectivity index (χ0v) is 11.6. The Morgan fingerprint density at radius 1 is 1.61 bits per heavy atom. The molecule has 5 nitrogen and oxygen atoms in total. The second kappa shape index (κ2) is 5.82. The number of hydrogen-bond acceptors (Lipinski definition) is 4. The fourth-order valence-electron chi connectivity index (χ4n) is 2.45. The first kappa shape index (κ1) is 13.5. The van der Waals surface area contributed by atoms with Gasteiger partial charge in [0.05, 0.1) is 18.4 Å². The first-order chi connectivity index (χ1) is 8.60. The molecule has 0 aliphatic carbocycles. The Hall–Kier alpha value is -0.910. The maximum atomic E-state index is 5.91. The van der Waals surface area contributed by atoms with Gasteiger partial charge >= 0.3 is 0 Å². The van der Waals surface area contributed by atoms with Crippen LogP contribution in [-0.2, 0) is 24.8 Å². The van der Waals surface area contributed by atoms with Gasteiger partial charge in [0.2, 0.25) is 0 Å². The number of hydrogen-bond donors (Lipinski definition) is 1. The van der Waals surface area contributed by atoms with E-state index in [4.69, 9.17) is 10.5 Å². The Labute approximate surface area is 109 Å². The summed E-state index contributed by atoms with van der Waals surface area (Å²) in [7, 11) is 1.98. The fourth-order valence-corrected chi connectivity index (χ4v) is 2.45. The molecule has 102 valence electrons. The minimum atomic E-state index is 0.0901. The molecule has 0 spiro atoms. The largest absolute Gasteiger partial charge is 0.374 e. The molecule has 1 aliphatic rings. The lowest BCUT2D eigenvalue weighted by Gasteiger charge is -2.34. The van der Waals surface area contributed by atoms with E-state index in [9.17, 15) is 0 Å². The fraction of sp³-hybridized carbons (Fsp3) is 0.769. The Morgan fingerprint density at radius 3 is 3.06 bits per heavy atom. The number of aryl methyl sites for hydroxylation is 2. The highest BCUT2D eigenvalue weighted by molar-refractivity contribution is 5.17. The molecule has 0 radical (unpaired) electrons. The van der Waals surface area contributed by atoms with Gasteiger partial charge in [-0.2, -0.15) is 5.10 Å². The van der Waals surface area contributed by atoms with Crippen LogP contribution in [0.3, 0.4) is 0 Å². The summed E-state index contributed by atoms with van der Waals surface area (Å²) in [5.74, 6) is 0. The van der Waals surface area contributed by atoms with Crippen molar-refractivity contribution >= 4 is 0 Å². The average molecular weight is 252 g/mol. The molecule has 2 heterocycles. The SMILES string of the molecule is CCc1nn(C)cc1CN1CCOC(C(C)N)C1. The number of rotatable bonds is 4. The molecule has 2 unspecified atom stereocenters. The summed E-state index contributed by atoms with van der Waals surface area (Å²) in [6.45, 7) is 7.76. The Morgan fingerprint density at radius 2 is 2.39 bits per heavy atom. The molecule has 2 rings (SSSR count). The number of nitrogens with two attached hydrogens (primary N) is 1. The van der Waals surface area contributed by atoms with Crippen LogP contribution in [0, 0.1) is 0 Å². The highest BCUT2D eigenvalue weighted by atomic mass is 16.5. The minimum Gasteiger partial charge on any atom is -0.374 e. The quantitative estimate of drug-likeness (QED) is 0.849. The predicted octanol–water partition coefficient (Wildman–Crippen LogP) is 0.531. The van der Waals surface area contributed by atoms with E-state index >= 15 is 0 Å². The van der Waals surface area contributed by atoms with Crippen LogP contribution in [0.1, 0.15) is 25.1 Å². The van der Waals surface area contributed by atoms with Crippen molar-refractivity contribution in [1.82, 2.24) is 14.7 Å². The van der Waals surface area contributed by atoms with Crippen molar-refractivity contribution in [3.8, 4) is 0 Å². The number of ether oxygens (including phenoxy) is 1. The zero-order chi connectivity index (χ0) is 13.1. The summed E-state index contributed by atoms with van der Waals surface area (Å²) in [6, 6.07) is 0.0901. The van der Waals surface area contributed by atoms with Gasteiger partial charge in [0, 0.05) is 44.5 Å². The highest BCUT2D eigenvalue weighted by Crippen LogP contribution is 2.14. The van der Waals surface area contributed by atoms with Crippen LogP contribution in [0.4, 0.5) is 0 Å². The third-order valence-corrected chi connectivity index (χ3v) is 3.48.